The molecule has 1 rings (SSSR count). The average Bonchev–Trinajstić information content (AvgIpc) is 3.22. The number of allylic oxidation sites excluding steroid dienone is 1. The van der Waals surface area contributed by atoms with Crippen molar-refractivity contribution in [3.63, 3.8) is 0 Å². The molecule has 35 heavy (non-hydrogen) atoms. The van der Waals surface area contributed by atoms with Crippen LogP contribution in [0, 0.1) is 11.3 Å². The smallest absolute Gasteiger partial charge is 0.408 e. The molecule has 0 aromatic heterocycles. The van der Waals surface area contributed by atoms with Crippen LogP contribution in [-0.2, 0) is 28.7 Å². The molecule has 3 atom stereocenters. The molecule has 1 unspecified atom stereocenters. The van der Waals surface area contributed by atoms with Gasteiger partial charge < -0.3 is 19.7 Å². The fourth-order valence-electron chi connectivity index (χ4n) is 4.00. The van der Waals surface area contributed by atoms with E-state index in [4.69, 9.17) is 9.47 Å². The minimum Gasteiger partial charge on any atom is -0.460 e. The highest BCUT2D eigenvalue weighted by atomic mass is 16.6. The largest absolute Gasteiger partial charge is 0.460 e. The van der Waals surface area contributed by atoms with Gasteiger partial charge in [0, 0.05) is 18.9 Å². The van der Waals surface area contributed by atoms with E-state index in [-0.39, 0.29) is 24.7 Å². The normalized spacial score (nSPS) is 17.8. The summed E-state index contributed by atoms with van der Waals surface area (Å²) < 4.78 is 10.2. The van der Waals surface area contributed by atoms with E-state index < -0.39 is 46.9 Å². The summed E-state index contributed by atoms with van der Waals surface area (Å²) in [6, 6.07) is -1.64. The number of alkyl carbamates (subject to hydrolysis) is 1. The monoisotopic (exact) mass is 494 g/mol. The Morgan fingerprint density at radius 3 is 2.26 bits per heavy atom. The Labute approximate surface area is 209 Å². The average molecular weight is 495 g/mol. The van der Waals surface area contributed by atoms with Gasteiger partial charge >= 0.3 is 12.1 Å². The number of likely N-dealkylation sites (tertiary alicyclic amines) is 1. The van der Waals surface area contributed by atoms with Crippen LogP contribution >= 0.6 is 0 Å². The third-order valence-electron chi connectivity index (χ3n) is 5.70. The lowest BCUT2D eigenvalue weighted by Crippen LogP contribution is -2.57. The number of ether oxygens (including phenoxy) is 2. The molecule has 0 saturated carbocycles. The van der Waals surface area contributed by atoms with Gasteiger partial charge in [-0.2, -0.15) is 0 Å². The maximum Gasteiger partial charge on any atom is 0.408 e. The molecule has 1 aliphatic rings. The summed E-state index contributed by atoms with van der Waals surface area (Å²) in [5, 5.41) is 2.68. The van der Waals surface area contributed by atoms with Crippen molar-refractivity contribution in [3.8, 4) is 0 Å². The van der Waals surface area contributed by atoms with Crippen LogP contribution < -0.4 is 5.32 Å². The van der Waals surface area contributed by atoms with Gasteiger partial charge in [-0.1, -0.05) is 26.8 Å². The molecule has 0 aliphatic carbocycles. The number of hydrogen-bond donors (Lipinski definition) is 1. The maximum absolute atomic E-state index is 13.5. The Morgan fingerprint density at radius 2 is 1.74 bits per heavy atom. The minimum atomic E-state index is -0.955. The van der Waals surface area contributed by atoms with Crippen LogP contribution in [0.1, 0.15) is 80.6 Å². The fraction of sp³-hybridized carbons (Fsp3) is 0.731. The minimum absolute atomic E-state index is 0.0659. The predicted octanol–water partition coefficient (Wildman–Crippen LogP) is 3.59. The Balaban J connectivity index is 3.06. The fourth-order valence-corrected chi connectivity index (χ4v) is 4.00. The van der Waals surface area contributed by atoms with E-state index in [0.717, 1.165) is 0 Å². The van der Waals surface area contributed by atoms with Crippen LogP contribution in [0.2, 0.25) is 0 Å². The van der Waals surface area contributed by atoms with Crippen molar-refractivity contribution >= 4 is 29.5 Å². The predicted molar refractivity (Wildman–Crippen MR) is 132 cm³/mol. The molecule has 2 amide bonds. The summed E-state index contributed by atoms with van der Waals surface area (Å²) in [6.45, 7) is 16.3. The van der Waals surface area contributed by atoms with Crippen molar-refractivity contribution in [1.29, 1.82) is 0 Å². The number of nitrogens with one attached hydrogen (secondary N) is 1. The van der Waals surface area contributed by atoms with Crippen LogP contribution in [0.3, 0.4) is 0 Å². The Morgan fingerprint density at radius 1 is 1.11 bits per heavy atom. The molecule has 9 nitrogen and oxygen atoms in total. The van der Waals surface area contributed by atoms with E-state index in [1.54, 1.807) is 33.8 Å². The molecule has 1 aliphatic heterocycles. The zero-order chi connectivity index (χ0) is 27.0. The van der Waals surface area contributed by atoms with E-state index in [0.29, 0.717) is 32.2 Å². The van der Waals surface area contributed by atoms with Crippen molar-refractivity contribution in [2.75, 3.05) is 13.2 Å². The van der Waals surface area contributed by atoms with E-state index in [2.05, 4.69) is 11.9 Å². The Bertz CT molecular complexity index is 807. The molecule has 0 spiro atoms. The van der Waals surface area contributed by atoms with Gasteiger partial charge in [-0.25, -0.2) is 9.59 Å². The number of nitrogens with zero attached hydrogens (tertiary/aromatic N) is 1. The van der Waals surface area contributed by atoms with Gasteiger partial charge in [-0.05, 0) is 58.8 Å². The zero-order valence-electron chi connectivity index (χ0n) is 22.3. The van der Waals surface area contributed by atoms with Gasteiger partial charge in [-0.3, -0.25) is 14.4 Å². The van der Waals surface area contributed by atoms with Gasteiger partial charge in [-0.15, -0.1) is 6.58 Å². The zero-order valence-corrected chi connectivity index (χ0v) is 22.3. The maximum atomic E-state index is 13.5. The number of ketones is 2. The number of carbonyl (C=O) groups is 5. The van der Waals surface area contributed by atoms with Crippen molar-refractivity contribution < 1.29 is 33.4 Å². The first kappa shape index (κ1) is 30.3. The summed E-state index contributed by atoms with van der Waals surface area (Å²) in [5.41, 5.74) is -1.37. The highest BCUT2D eigenvalue weighted by Crippen LogP contribution is 2.28. The highest BCUT2D eigenvalue weighted by Gasteiger charge is 2.43. The van der Waals surface area contributed by atoms with Gasteiger partial charge in [0.1, 0.15) is 11.6 Å². The van der Waals surface area contributed by atoms with E-state index in [1.807, 2.05) is 20.8 Å². The number of carbonyl (C=O) groups excluding carboxylic acids is 5. The van der Waals surface area contributed by atoms with Crippen LogP contribution in [0.4, 0.5) is 4.79 Å². The highest BCUT2D eigenvalue weighted by molar-refractivity contribution is 6.34. The molecule has 1 N–H and O–H groups in total. The first-order valence-electron chi connectivity index (χ1n) is 12.3. The van der Waals surface area contributed by atoms with Gasteiger partial charge in [0.05, 0.1) is 12.6 Å². The van der Waals surface area contributed by atoms with Crippen molar-refractivity contribution in [2.45, 2.75) is 98.3 Å². The lowest BCUT2D eigenvalue weighted by molar-refractivity contribution is -0.156. The molecule has 0 aromatic carbocycles. The number of rotatable bonds is 11. The number of hydrogen-bond acceptors (Lipinski definition) is 7. The summed E-state index contributed by atoms with van der Waals surface area (Å²) in [7, 11) is 0. The topological polar surface area (TPSA) is 119 Å². The first-order chi connectivity index (χ1) is 16.1. The lowest BCUT2D eigenvalue weighted by atomic mass is 9.85. The van der Waals surface area contributed by atoms with Crippen molar-refractivity contribution in [3.05, 3.63) is 12.7 Å². The van der Waals surface area contributed by atoms with Crippen LogP contribution in [0.15, 0.2) is 12.7 Å². The molecule has 1 saturated heterocycles. The molecule has 1 heterocycles. The molecule has 0 aromatic rings. The van der Waals surface area contributed by atoms with Crippen molar-refractivity contribution in [2.24, 2.45) is 11.3 Å². The third-order valence-corrected chi connectivity index (χ3v) is 5.70. The van der Waals surface area contributed by atoms with Gasteiger partial charge in [0.15, 0.2) is 5.78 Å². The SMILES string of the molecule is C=CCCC(CC(=O)[C@@H]1CCCN1C(=O)[C@@H](NC(=O)OC(C)(C)C)C(C)(C)C)C(=O)C(=O)OCC. The second-order valence-corrected chi connectivity index (χ2v) is 11.0. The van der Waals surface area contributed by atoms with E-state index in [9.17, 15) is 24.0 Å². The van der Waals surface area contributed by atoms with Gasteiger partial charge in [0.2, 0.25) is 11.7 Å². The first-order valence-corrected chi connectivity index (χ1v) is 12.3. The van der Waals surface area contributed by atoms with Crippen LogP contribution in [0.25, 0.3) is 0 Å². The number of esters is 1. The summed E-state index contributed by atoms with van der Waals surface area (Å²) in [5.74, 6) is -3.19. The molecule has 0 bridgehead atoms. The third kappa shape index (κ3) is 9.45. The lowest BCUT2D eigenvalue weighted by Gasteiger charge is -2.36. The molecule has 198 valence electrons. The van der Waals surface area contributed by atoms with E-state index in [1.165, 1.54) is 4.90 Å². The van der Waals surface area contributed by atoms with E-state index >= 15 is 0 Å². The quantitative estimate of drug-likeness (QED) is 0.265. The van der Waals surface area contributed by atoms with Gasteiger partial charge in [0.25, 0.3) is 0 Å². The molecule has 9 heteroatoms. The molecular weight excluding hydrogens is 452 g/mol. The Hall–Kier alpha value is -2.71. The molecular formula is C26H42N2O7. The second kappa shape index (κ2) is 12.8. The summed E-state index contributed by atoms with van der Waals surface area (Å²) in [4.78, 5) is 65.3. The van der Waals surface area contributed by atoms with Crippen LogP contribution in [-0.4, -0.2) is 65.3 Å². The molecule has 0 radical (unpaired) electrons. The summed E-state index contributed by atoms with van der Waals surface area (Å²) >= 11 is 0. The number of amides is 2. The summed E-state index contributed by atoms with van der Waals surface area (Å²) in [6.07, 6.45) is 2.57. The van der Waals surface area contributed by atoms with Crippen LogP contribution in [0.5, 0.6) is 0 Å². The standard InChI is InChI=1S/C26H42N2O7/c1-9-11-13-17(20(30)23(32)34-10-2)16-19(29)18-14-12-15-28(18)22(31)21(25(3,4)5)27-24(33)35-26(6,7)8/h9,17-18,21H,1,10-16H2,2-8H3,(H,27,33)/t17?,18-,21+/m0/s1. The van der Waals surface area contributed by atoms with Crippen molar-refractivity contribution in [1.82, 2.24) is 10.2 Å². The Kier molecular flexibility index (Phi) is 11.1. The number of Topliss-reactive ketones (excluding diaryl/α,β-unsaturated/α-hetero) is 2. The molecule has 1 fully saturated rings. The second-order valence-electron chi connectivity index (χ2n) is 11.0.